The van der Waals surface area contributed by atoms with Crippen LogP contribution in [0.15, 0.2) is 48.5 Å². The van der Waals surface area contributed by atoms with Gasteiger partial charge < -0.3 is 34.8 Å². The van der Waals surface area contributed by atoms with E-state index in [0.717, 1.165) is 12.1 Å². The summed E-state index contributed by atoms with van der Waals surface area (Å²) in [6.07, 6.45) is -2.95. The van der Waals surface area contributed by atoms with Gasteiger partial charge in [-0.3, -0.25) is 14.4 Å². The monoisotopic (exact) mass is 628 g/mol. The summed E-state index contributed by atoms with van der Waals surface area (Å²) in [7, 11) is 0. The maximum atomic E-state index is 14.9. The topological polar surface area (TPSA) is 176 Å². The number of carbonyl (C=O) groups excluding carboxylic acids is 3. The number of benzene rings is 2. The molecular weight excluding hydrogens is 598 g/mol. The molecule has 2 atom stereocenters. The van der Waals surface area contributed by atoms with Crippen molar-refractivity contribution >= 4 is 40.7 Å². The van der Waals surface area contributed by atoms with Crippen LogP contribution in [0.25, 0.3) is 10.9 Å². The van der Waals surface area contributed by atoms with Gasteiger partial charge in [0.1, 0.15) is 28.8 Å². The Balaban J connectivity index is 1.63. The van der Waals surface area contributed by atoms with Crippen molar-refractivity contribution in [2.75, 3.05) is 32.8 Å². The van der Waals surface area contributed by atoms with Gasteiger partial charge >= 0.3 is 18.0 Å². The molecule has 1 aliphatic rings. The van der Waals surface area contributed by atoms with E-state index < -0.39 is 71.3 Å². The fraction of sp³-hybridized carbons (Fsp3) is 0.333. The van der Waals surface area contributed by atoms with Crippen molar-refractivity contribution in [2.24, 2.45) is 0 Å². The van der Waals surface area contributed by atoms with E-state index in [0.29, 0.717) is 6.07 Å². The van der Waals surface area contributed by atoms with Crippen LogP contribution < -0.4 is 10.1 Å². The number of aromatic nitrogens is 1. The number of carboxylic acids is 2. The van der Waals surface area contributed by atoms with Crippen molar-refractivity contribution < 1.29 is 52.4 Å². The molecule has 4 rings (SSSR count). The first kappa shape index (κ1) is 32.6. The molecule has 0 spiro atoms. The number of amides is 3. The summed E-state index contributed by atoms with van der Waals surface area (Å²) >= 11 is 0. The maximum absolute atomic E-state index is 14.9. The number of carboxylic acid groups (broad SMARTS) is 2. The predicted molar refractivity (Wildman–Crippen MR) is 152 cm³/mol. The summed E-state index contributed by atoms with van der Waals surface area (Å²) in [5.41, 5.74) is -0.791. The van der Waals surface area contributed by atoms with Gasteiger partial charge in [0.25, 0.3) is 5.91 Å². The summed E-state index contributed by atoms with van der Waals surface area (Å²) in [4.78, 5) is 69.0. The molecule has 0 saturated carbocycles. The highest BCUT2D eigenvalue weighted by Gasteiger charge is 2.32. The molecule has 15 heteroatoms. The van der Waals surface area contributed by atoms with Crippen molar-refractivity contribution in [3.8, 4) is 5.75 Å². The Morgan fingerprint density at radius 3 is 2.27 bits per heavy atom. The van der Waals surface area contributed by atoms with Crippen molar-refractivity contribution in [1.29, 1.82) is 0 Å². The molecule has 3 amide bonds. The Morgan fingerprint density at radius 2 is 1.64 bits per heavy atom. The number of nitrogens with zero attached hydrogens (tertiary/aromatic N) is 3. The molecule has 45 heavy (non-hydrogen) atoms. The van der Waals surface area contributed by atoms with Gasteiger partial charge in [-0.1, -0.05) is 30.3 Å². The van der Waals surface area contributed by atoms with Crippen molar-refractivity contribution in [3.05, 3.63) is 71.4 Å². The summed E-state index contributed by atoms with van der Waals surface area (Å²) in [5, 5.41) is 21.3. The Bertz CT molecular complexity index is 1600. The molecule has 0 aliphatic carbocycles. The van der Waals surface area contributed by atoms with Crippen LogP contribution in [0, 0.1) is 11.6 Å². The summed E-state index contributed by atoms with van der Waals surface area (Å²) in [6, 6.07) is 8.80. The number of ether oxygens (including phenoxy) is 2. The van der Waals surface area contributed by atoms with E-state index in [1.165, 1.54) is 21.9 Å². The molecule has 1 aromatic heterocycles. The van der Waals surface area contributed by atoms with Crippen LogP contribution in [0.1, 0.15) is 41.9 Å². The van der Waals surface area contributed by atoms with Gasteiger partial charge in [0, 0.05) is 55.7 Å². The minimum atomic E-state index is -1.63. The first-order valence-corrected chi connectivity index (χ1v) is 14.0. The van der Waals surface area contributed by atoms with Gasteiger partial charge in [-0.2, -0.15) is 0 Å². The normalized spacial score (nSPS) is 14.4. The lowest BCUT2D eigenvalue weighted by Crippen LogP contribution is -2.56. The minimum absolute atomic E-state index is 0.0934. The molecule has 1 saturated heterocycles. The Kier molecular flexibility index (Phi) is 10.4. The van der Waals surface area contributed by atoms with E-state index in [4.69, 9.17) is 9.47 Å². The highest BCUT2D eigenvalue weighted by atomic mass is 19.1. The zero-order valence-electron chi connectivity index (χ0n) is 24.1. The first-order valence-electron chi connectivity index (χ1n) is 14.0. The number of carbonyl (C=O) groups is 5. The third-order valence-electron chi connectivity index (χ3n) is 6.97. The summed E-state index contributed by atoms with van der Waals surface area (Å²) in [5.74, 6) is -6.82. The number of pyridine rings is 1. The van der Waals surface area contributed by atoms with Gasteiger partial charge in [0.05, 0.1) is 6.61 Å². The van der Waals surface area contributed by atoms with E-state index in [1.807, 2.05) is 0 Å². The second-order valence-electron chi connectivity index (χ2n) is 10.0. The van der Waals surface area contributed by atoms with Crippen LogP contribution in [-0.4, -0.2) is 93.7 Å². The highest BCUT2D eigenvalue weighted by molar-refractivity contribution is 5.99. The van der Waals surface area contributed by atoms with Gasteiger partial charge in [-0.15, -0.1) is 0 Å². The number of halogens is 2. The van der Waals surface area contributed by atoms with Crippen molar-refractivity contribution in [3.63, 3.8) is 0 Å². The van der Waals surface area contributed by atoms with E-state index >= 15 is 0 Å². The maximum Gasteiger partial charge on any atom is 0.409 e. The van der Waals surface area contributed by atoms with Crippen LogP contribution in [-0.2, 0) is 19.1 Å². The third kappa shape index (κ3) is 7.99. The summed E-state index contributed by atoms with van der Waals surface area (Å²) in [6.45, 7) is 2.33. The molecule has 1 fully saturated rings. The molecule has 238 valence electrons. The average Bonchev–Trinajstić information content (AvgIpc) is 3.01. The molecule has 1 unspecified atom stereocenters. The van der Waals surface area contributed by atoms with Crippen LogP contribution in [0.2, 0.25) is 0 Å². The van der Waals surface area contributed by atoms with E-state index in [2.05, 4.69) is 10.3 Å². The van der Waals surface area contributed by atoms with Crippen molar-refractivity contribution in [2.45, 2.75) is 31.9 Å². The number of piperazine rings is 1. The third-order valence-corrected chi connectivity index (χ3v) is 6.97. The molecule has 3 aromatic rings. The fourth-order valence-electron chi connectivity index (χ4n) is 4.75. The number of hydrogen-bond donors (Lipinski definition) is 3. The van der Waals surface area contributed by atoms with E-state index in [-0.39, 0.29) is 55.9 Å². The van der Waals surface area contributed by atoms with Gasteiger partial charge in [0.2, 0.25) is 12.0 Å². The molecule has 1 aliphatic heterocycles. The minimum Gasteiger partial charge on any atom is -0.481 e. The van der Waals surface area contributed by atoms with E-state index in [1.54, 1.807) is 25.1 Å². The zero-order valence-corrected chi connectivity index (χ0v) is 24.1. The molecule has 2 aromatic carbocycles. The smallest absolute Gasteiger partial charge is 0.409 e. The number of hydrogen-bond acceptors (Lipinski definition) is 8. The number of nitrogens with one attached hydrogen (secondary N) is 1. The van der Waals surface area contributed by atoms with E-state index in [9.17, 15) is 43.0 Å². The molecule has 13 nitrogen and oxygen atoms in total. The van der Waals surface area contributed by atoms with Crippen LogP contribution in [0.3, 0.4) is 0 Å². The molecule has 0 radical (unpaired) electrons. The quantitative estimate of drug-likeness (QED) is 0.286. The molecule has 3 N–H and O–H groups in total. The lowest BCUT2D eigenvalue weighted by atomic mass is 10.1. The largest absolute Gasteiger partial charge is 0.481 e. The second kappa shape index (κ2) is 14.4. The Labute approximate surface area is 255 Å². The first-order chi connectivity index (χ1) is 21.5. The second-order valence-corrected chi connectivity index (χ2v) is 10.0. The fourth-order valence-corrected chi connectivity index (χ4v) is 4.75. The average molecular weight is 629 g/mol. The SMILES string of the molecule is CCOC(=O)N1CCN(C(=O)[C@H](CCC(=O)O)NC(=O)c2cc(OC(C(=O)O)c3ccccc3)c3cc(F)cc(F)c3n2)CC1. The zero-order chi connectivity index (χ0) is 32.7. The standard InChI is InChI=1S/C30H30F2N4O9/c1-2-44-30(43)36-12-10-35(11-13-36)28(40)21(8-9-24(37)38)34-27(39)22-16-23(19-14-18(31)15-20(32)25(19)33-22)45-26(29(41)42)17-6-4-3-5-7-17/h3-7,14-16,21,26H,2,8-13H2,1H3,(H,34,39)(H,37,38)(H,41,42)/t21-,26?/m0/s1. The highest BCUT2D eigenvalue weighted by Crippen LogP contribution is 2.32. The molecule has 0 bridgehead atoms. The molecular formula is C30H30F2N4O9. The Hall–Kier alpha value is -5.34. The van der Waals surface area contributed by atoms with Crippen molar-refractivity contribution in [1.82, 2.24) is 20.1 Å². The Morgan fingerprint density at radius 1 is 0.978 bits per heavy atom. The van der Waals surface area contributed by atoms with Gasteiger partial charge in [-0.25, -0.2) is 23.4 Å². The number of rotatable bonds is 11. The predicted octanol–water partition coefficient (Wildman–Crippen LogP) is 2.98. The van der Waals surface area contributed by atoms with Crippen LogP contribution >= 0.6 is 0 Å². The molecule has 2 heterocycles. The number of aliphatic carboxylic acids is 2. The summed E-state index contributed by atoms with van der Waals surface area (Å²) < 4.78 is 39.8. The lowest BCUT2D eigenvalue weighted by Gasteiger charge is -2.35. The van der Waals surface area contributed by atoms with Gasteiger partial charge in [-0.05, 0) is 19.4 Å². The van der Waals surface area contributed by atoms with Gasteiger partial charge in [0.15, 0.2) is 5.82 Å². The van der Waals surface area contributed by atoms with Crippen LogP contribution in [0.4, 0.5) is 13.6 Å². The van der Waals surface area contributed by atoms with Crippen LogP contribution in [0.5, 0.6) is 5.75 Å². The number of fused-ring (bicyclic) bond motifs is 1. The lowest BCUT2D eigenvalue weighted by molar-refractivity contribution is -0.145.